The van der Waals surface area contributed by atoms with E-state index in [4.69, 9.17) is 4.42 Å². The lowest BCUT2D eigenvalue weighted by Crippen LogP contribution is -1.85. The van der Waals surface area contributed by atoms with Gasteiger partial charge in [0, 0.05) is 6.92 Å². The van der Waals surface area contributed by atoms with E-state index in [1.165, 1.54) is 6.92 Å². The van der Waals surface area contributed by atoms with E-state index in [1.54, 1.807) is 12.1 Å². The molecule has 1 rings (SSSR count). The van der Waals surface area contributed by atoms with Crippen molar-refractivity contribution in [3.63, 3.8) is 0 Å². The second-order valence-electron chi connectivity index (χ2n) is 1.66. The Balaban J connectivity index is 2.98. The van der Waals surface area contributed by atoms with Crippen LogP contribution < -0.4 is 0 Å². The smallest absolute Gasteiger partial charge is 0.194 e. The monoisotopic (exact) mass is 188 g/mol. The van der Waals surface area contributed by atoms with Crippen molar-refractivity contribution < 1.29 is 9.21 Å². The average Bonchev–Trinajstić information content (AvgIpc) is 2.14. The van der Waals surface area contributed by atoms with Crippen LogP contribution in [0.2, 0.25) is 0 Å². The molecule has 1 heterocycles. The summed E-state index contributed by atoms with van der Waals surface area (Å²) in [6.45, 7) is 1.46. The molecule has 9 heavy (non-hydrogen) atoms. The Bertz CT molecular complexity index is 227. The summed E-state index contributed by atoms with van der Waals surface area (Å²) in [4.78, 5) is 10.5. The van der Waals surface area contributed by atoms with Crippen LogP contribution in [-0.4, -0.2) is 5.78 Å². The van der Waals surface area contributed by atoms with Gasteiger partial charge in [-0.25, -0.2) is 0 Å². The van der Waals surface area contributed by atoms with E-state index in [0.29, 0.717) is 10.4 Å². The van der Waals surface area contributed by atoms with Crippen LogP contribution in [0.4, 0.5) is 0 Å². The van der Waals surface area contributed by atoms with Gasteiger partial charge in [-0.05, 0) is 28.1 Å². The molecule has 0 atom stereocenters. The van der Waals surface area contributed by atoms with Crippen LogP contribution in [0, 0.1) is 0 Å². The number of carbonyl (C=O) groups excluding carboxylic acids is 1. The maximum Gasteiger partial charge on any atom is 0.194 e. The third-order valence-electron chi connectivity index (χ3n) is 0.920. The molecule has 1 aromatic heterocycles. The Labute approximate surface area is 61.0 Å². The van der Waals surface area contributed by atoms with Gasteiger partial charge in [0.1, 0.15) is 0 Å². The number of ketones is 1. The number of hydrogen-bond donors (Lipinski definition) is 0. The molecule has 0 bridgehead atoms. The first-order valence-electron chi connectivity index (χ1n) is 2.46. The van der Waals surface area contributed by atoms with Crippen molar-refractivity contribution in [1.29, 1.82) is 0 Å². The SMILES string of the molecule is CC(=O)c1ccc(Br)o1. The fourth-order valence-electron chi connectivity index (χ4n) is 0.504. The van der Waals surface area contributed by atoms with E-state index < -0.39 is 0 Å². The Morgan fingerprint density at radius 2 is 2.33 bits per heavy atom. The fraction of sp³-hybridized carbons (Fsp3) is 0.167. The molecule has 1 aromatic rings. The highest BCUT2D eigenvalue weighted by atomic mass is 79.9. The second-order valence-corrected chi connectivity index (χ2v) is 2.44. The number of Topliss-reactive ketones (excluding diaryl/α,β-unsaturated/α-hetero) is 1. The van der Waals surface area contributed by atoms with Crippen molar-refractivity contribution in [2.24, 2.45) is 0 Å². The summed E-state index contributed by atoms with van der Waals surface area (Å²) in [5.74, 6) is 0.336. The Kier molecular flexibility index (Phi) is 1.71. The maximum absolute atomic E-state index is 10.5. The molecule has 0 N–H and O–H groups in total. The van der Waals surface area contributed by atoms with E-state index in [9.17, 15) is 4.79 Å². The van der Waals surface area contributed by atoms with Crippen LogP contribution in [0.15, 0.2) is 21.2 Å². The zero-order valence-corrected chi connectivity index (χ0v) is 6.44. The highest BCUT2D eigenvalue weighted by molar-refractivity contribution is 9.10. The minimum atomic E-state index is -0.0549. The maximum atomic E-state index is 10.5. The summed E-state index contributed by atoms with van der Waals surface area (Å²) in [7, 11) is 0. The predicted octanol–water partition coefficient (Wildman–Crippen LogP) is 2.24. The average molecular weight is 189 g/mol. The zero-order chi connectivity index (χ0) is 6.85. The Hall–Kier alpha value is -0.570. The number of halogens is 1. The molecule has 0 unspecified atom stereocenters. The molecule has 0 fully saturated rings. The van der Waals surface area contributed by atoms with Crippen molar-refractivity contribution in [2.75, 3.05) is 0 Å². The van der Waals surface area contributed by atoms with Gasteiger partial charge in [-0.2, -0.15) is 0 Å². The minimum absolute atomic E-state index is 0.0549. The van der Waals surface area contributed by atoms with Crippen molar-refractivity contribution >= 4 is 21.7 Å². The minimum Gasteiger partial charge on any atom is -0.446 e. The molecule has 3 heteroatoms. The van der Waals surface area contributed by atoms with Gasteiger partial charge in [0.05, 0.1) is 0 Å². The second kappa shape index (κ2) is 2.35. The van der Waals surface area contributed by atoms with Crippen LogP contribution in [0.25, 0.3) is 0 Å². The quantitative estimate of drug-likeness (QED) is 0.634. The van der Waals surface area contributed by atoms with Crippen molar-refractivity contribution in [3.05, 3.63) is 22.6 Å². The Morgan fingerprint density at radius 3 is 2.56 bits per heavy atom. The van der Waals surface area contributed by atoms with Crippen LogP contribution in [0.3, 0.4) is 0 Å². The van der Waals surface area contributed by atoms with Crippen molar-refractivity contribution in [3.8, 4) is 0 Å². The van der Waals surface area contributed by atoms with Gasteiger partial charge in [0.25, 0.3) is 0 Å². The molecule has 0 amide bonds. The van der Waals surface area contributed by atoms with Crippen LogP contribution in [0.1, 0.15) is 17.5 Å². The molecule has 0 aliphatic heterocycles. The molecule has 0 saturated heterocycles. The van der Waals surface area contributed by atoms with Crippen LogP contribution in [-0.2, 0) is 0 Å². The lowest BCUT2D eigenvalue weighted by Gasteiger charge is -1.82. The summed E-state index contributed by atoms with van der Waals surface area (Å²) in [5, 5.41) is 0. The molecule has 0 aliphatic rings. The highest BCUT2D eigenvalue weighted by Crippen LogP contribution is 2.13. The number of hydrogen-bond acceptors (Lipinski definition) is 2. The lowest BCUT2D eigenvalue weighted by atomic mass is 10.3. The number of rotatable bonds is 1. The largest absolute Gasteiger partial charge is 0.446 e. The number of carbonyl (C=O) groups is 1. The molecule has 0 spiro atoms. The van der Waals surface area contributed by atoms with E-state index in [2.05, 4.69) is 15.9 Å². The molecule has 0 aromatic carbocycles. The molecule has 0 aliphatic carbocycles. The molecular weight excluding hydrogens is 184 g/mol. The summed E-state index contributed by atoms with van der Waals surface area (Å²) in [6, 6.07) is 3.32. The first-order valence-corrected chi connectivity index (χ1v) is 3.26. The van der Waals surface area contributed by atoms with Gasteiger partial charge in [-0.1, -0.05) is 0 Å². The molecule has 48 valence electrons. The van der Waals surface area contributed by atoms with Crippen LogP contribution >= 0.6 is 15.9 Å². The topological polar surface area (TPSA) is 30.2 Å². The van der Waals surface area contributed by atoms with E-state index in [-0.39, 0.29) is 5.78 Å². The normalized spacial score (nSPS) is 9.56. The van der Waals surface area contributed by atoms with Gasteiger partial charge in [0.2, 0.25) is 0 Å². The molecule has 0 radical (unpaired) electrons. The summed E-state index contributed by atoms with van der Waals surface area (Å²) in [5.41, 5.74) is 0. The lowest BCUT2D eigenvalue weighted by molar-refractivity contribution is 0.0986. The third kappa shape index (κ3) is 1.42. The highest BCUT2D eigenvalue weighted by Gasteiger charge is 2.02. The summed E-state index contributed by atoms with van der Waals surface area (Å²) >= 11 is 3.08. The zero-order valence-electron chi connectivity index (χ0n) is 4.85. The Morgan fingerprint density at radius 1 is 1.67 bits per heavy atom. The van der Waals surface area contributed by atoms with Gasteiger partial charge in [-0.15, -0.1) is 0 Å². The van der Waals surface area contributed by atoms with E-state index in [0.717, 1.165) is 0 Å². The van der Waals surface area contributed by atoms with Gasteiger partial charge in [-0.3, -0.25) is 4.79 Å². The van der Waals surface area contributed by atoms with E-state index >= 15 is 0 Å². The summed E-state index contributed by atoms with van der Waals surface area (Å²) in [6.07, 6.45) is 0. The van der Waals surface area contributed by atoms with Crippen molar-refractivity contribution in [1.82, 2.24) is 0 Å². The first kappa shape index (κ1) is 6.55. The predicted molar refractivity (Wildman–Crippen MR) is 36.4 cm³/mol. The number of furan rings is 1. The molecule has 0 saturated carbocycles. The first-order chi connectivity index (χ1) is 4.20. The fourth-order valence-corrected chi connectivity index (χ4v) is 0.810. The summed E-state index contributed by atoms with van der Waals surface area (Å²) < 4.78 is 5.50. The van der Waals surface area contributed by atoms with Gasteiger partial charge in [0.15, 0.2) is 16.2 Å². The molecule has 2 nitrogen and oxygen atoms in total. The standard InChI is InChI=1S/C6H5BrO2/c1-4(8)5-2-3-6(7)9-5/h2-3H,1H3. The van der Waals surface area contributed by atoms with Crippen LogP contribution in [0.5, 0.6) is 0 Å². The van der Waals surface area contributed by atoms with Crippen molar-refractivity contribution in [2.45, 2.75) is 6.92 Å². The molecular formula is C6H5BrO2. The van der Waals surface area contributed by atoms with E-state index in [1.807, 2.05) is 0 Å². The van der Waals surface area contributed by atoms with Gasteiger partial charge >= 0.3 is 0 Å². The third-order valence-corrected chi connectivity index (χ3v) is 1.35. The van der Waals surface area contributed by atoms with Gasteiger partial charge < -0.3 is 4.42 Å².